The van der Waals surface area contributed by atoms with Crippen LogP contribution in [0, 0.1) is 11.3 Å². The number of halogens is 1. The molecule has 0 bridgehead atoms. The molecule has 0 aliphatic heterocycles. The Bertz CT molecular complexity index is 499. The molecule has 0 heterocycles. The van der Waals surface area contributed by atoms with E-state index in [-0.39, 0.29) is 31.0 Å². The Labute approximate surface area is 130 Å². The molecule has 0 radical (unpaired) electrons. The maximum atomic E-state index is 12.4. The van der Waals surface area contributed by atoms with Gasteiger partial charge in [-0.15, -0.1) is 0 Å². The Morgan fingerprint density at radius 2 is 1.90 bits per heavy atom. The highest BCUT2D eigenvalue weighted by Crippen LogP contribution is 2.48. The van der Waals surface area contributed by atoms with E-state index in [2.05, 4.69) is 0 Å². The minimum atomic E-state index is -0.658. The van der Waals surface area contributed by atoms with Gasteiger partial charge in [-0.1, -0.05) is 30.7 Å². The highest BCUT2D eigenvalue weighted by atomic mass is 35.5. The number of aliphatic hydroxyl groups is 2. The predicted molar refractivity (Wildman–Crippen MR) is 82.2 cm³/mol. The van der Waals surface area contributed by atoms with Crippen LogP contribution in [0.1, 0.15) is 24.8 Å². The molecule has 2 atom stereocenters. The lowest BCUT2D eigenvalue weighted by molar-refractivity contribution is -0.133. The second-order valence-electron chi connectivity index (χ2n) is 6.32. The van der Waals surface area contributed by atoms with Crippen molar-refractivity contribution in [3.63, 3.8) is 0 Å². The zero-order chi connectivity index (χ0) is 15.6. The largest absolute Gasteiger partial charge is 0.396 e. The molecule has 1 fully saturated rings. The average molecular weight is 312 g/mol. The minimum absolute atomic E-state index is 0.00203. The molecule has 116 valence electrons. The summed E-state index contributed by atoms with van der Waals surface area (Å²) in [4.78, 5) is 14.0. The van der Waals surface area contributed by atoms with E-state index in [1.807, 2.05) is 24.3 Å². The Kier molecular flexibility index (Phi) is 4.91. The van der Waals surface area contributed by atoms with Crippen LogP contribution >= 0.6 is 11.6 Å². The number of hydrogen-bond acceptors (Lipinski definition) is 3. The molecular weight excluding hydrogens is 290 g/mol. The number of amides is 1. The highest BCUT2D eigenvalue weighted by molar-refractivity contribution is 6.30. The third-order valence-corrected chi connectivity index (χ3v) is 4.42. The van der Waals surface area contributed by atoms with Crippen molar-refractivity contribution in [1.82, 2.24) is 4.90 Å². The van der Waals surface area contributed by atoms with Crippen LogP contribution in [0.3, 0.4) is 0 Å². The summed E-state index contributed by atoms with van der Waals surface area (Å²) in [6.07, 6.45) is 0.847. The summed E-state index contributed by atoms with van der Waals surface area (Å²) in [7, 11) is 1.73. The van der Waals surface area contributed by atoms with Crippen molar-refractivity contribution in [2.24, 2.45) is 11.3 Å². The van der Waals surface area contributed by atoms with Crippen LogP contribution in [-0.4, -0.2) is 47.8 Å². The highest BCUT2D eigenvalue weighted by Gasteiger charge is 2.45. The zero-order valence-electron chi connectivity index (χ0n) is 12.4. The normalized spacial score (nSPS) is 21.2. The molecule has 2 rings (SSSR count). The summed E-state index contributed by atoms with van der Waals surface area (Å²) in [5.41, 5.74) is 0.480. The topological polar surface area (TPSA) is 60.8 Å². The number of rotatable bonds is 6. The summed E-state index contributed by atoms with van der Waals surface area (Å²) in [5, 5.41) is 19.3. The molecule has 21 heavy (non-hydrogen) atoms. The van der Waals surface area contributed by atoms with E-state index < -0.39 is 5.41 Å². The first-order chi connectivity index (χ1) is 9.90. The lowest BCUT2D eigenvalue weighted by atomic mass is 9.92. The first kappa shape index (κ1) is 16.3. The van der Waals surface area contributed by atoms with E-state index in [0.717, 1.165) is 12.0 Å². The summed E-state index contributed by atoms with van der Waals surface area (Å²) in [6, 6.07) is 7.61. The molecule has 2 unspecified atom stereocenters. The van der Waals surface area contributed by atoms with Gasteiger partial charge in [0.25, 0.3) is 0 Å². The molecule has 1 aliphatic carbocycles. The summed E-state index contributed by atoms with van der Waals surface area (Å²) in [6.45, 7) is 1.82. The van der Waals surface area contributed by atoms with Crippen molar-refractivity contribution in [2.45, 2.75) is 19.3 Å². The lowest BCUT2D eigenvalue weighted by Gasteiger charge is -2.30. The SMILES string of the molecule is CN(CC(C)(CO)CO)C(=O)C1CC1c1ccc(Cl)cc1. The van der Waals surface area contributed by atoms with E-state index in [0.29, 0.717) is 11.6 Å². The van der Waals surface area contributed by atoms with E-state index in [9.17, 15) is 15.0 Å². The van der Waals surface area contributed by atoms with E-state index >= 15 is 0 Å². The molecule has 4 nitrogen and oxygen atoms in total. The van der Waals surface area contributed by atoms with Crippen LogP contribution in [0.15, 0.2) is 24.3 Å². The van der Waals surface area contributed by atoms with Crippen LogP contribution in [0.2, 0.25) is 5.02 Å². The van der Waals surface area contributed by atoms with E-state index in [1.165, 1.54) is 0 Å². The van der Waals surface area contributed by atoms with Gasteiger partial charge >= 0.3 is 0 Å². The zero-order valence-corrected chi connectivity index (χ0v) is 13.2. The molecule has 5 heteroatoms. The van der Waals surface area contributed by atoms with Gasteiger partial charge in [0.1, 0.15) is 0 Å². The van der Waals surface area contributed by atoms with Gasteiger partial charge in [-0.3, -0.25) is 4.79 Å². The van der Waals surface area contributed by atoms with Crippen LogP contribution in [0.25, 0.3) is 0 Å². The van der Waals surface area contributed by atoms with Crippen LogP contribution in [-0.2, 0) is 4.79 Å². The standard InChI is InChI=1S/C16H22ClNO3/c1-16(9-19,10-20)8-18(2)15(21)14-7-13(14)11-3-5-12(17)6-4-11/h3-6,13-14,19-20H,7-10H2,1-2H3. The molecule has 1 amide bonds. The Morgan fingerprint density at radius 3 is 2.43 bits per heavy atom. The van der Waals surface area contributed by atoms with E-state index in [1.54, 1.807) is 18.9 Å². The fraction of sp³-hybridized carbons (Fsp3) is 0.562. The van der Waals surface area contributed by atoms with E-state index in [4.69, 9.17) is 11.6 Å². The van der Waals surface area contributed by atoms with Crippen molar-refractivity contribution >= 4 is 17.5 Å². The molecule has 1 aromatic carbocycles. The molecular formula is C16H22ClNO3. The Hall–Kier alpha value is -1.10. The molecule has 0 aromatic heterocycles. The summed E-state index contributed by atoms with van der Waals surface area (Å²) >= 11 is 5.87. The molecule has 0 spiro atoms. The molecule has 1 aromatic rings. The maximum absolute atomic E-state index is 12.4. The van der Waals surface area contributed by atoms with Gasteiger partial charge < -0.3 is 15.1 Å². The van der Waals surface area contributed by atoms with Gasteiger partial charge in [-0.25, -0.2) is 0 Å². The molecule has 2 N–H and O–H groups in total. The van der Waals surface area contributed by atoms with Gasteiger partial charge in [0.05, 0.1) is 13.2 Å². The number of carbonyl (C=O) groups excluding carboxylic acids is 1. The summed E-state index contributed by atoms with van der Waals surface area (Å²) in [5.74, 6) is 0.326. The van der Waals surface area contributed by atoms with Crippen LogP contribution in [0.4, 0.5) is 0 Å². The van der Waals surface area contributed by atoms with Crippen molar-refractivity contribution < 1.29 is 15.0 Å². The van der Waals surface area contributed by atoms with Gasteiger partial charge in [0.2, 0.25) is 5.91 Å². The summed E-state index contributed by atoms with van der Waals surface area (Å²) < 4.78 is 0. The second kappa shape index (κ2) is 6.34. The van der Waals surface area contributed by atoms with Crippen molar-refractivity contribution in [3.05, 3.63) is 34.9 Å². The number of carbonyl (C=O) groups is 1. The second-order valence-corrected chi connectivity index (χ2v) is 6.76. The van der Waals surface area contributed by atoms with Crippen LogP contribution < -0.4 is 0 Å². The molecule has 1 saturated carbocycles. The van der Waals surface area contributed by atoms with Gasteiger partial charge in [-0.05, 0) is 30.0 Å². The lowest BCUT2D eigenvalue weighted by Crippen LogP contribution is -2.42. The Balaban J connectivity index is 1.95. The third-order valence-electron chi connectivity index (χ3n) is 4.16. The number of aliphatic hydroxyl groups excluding tert-OH is 2. The van der Waals surface area contributed by atoms with Crippen LogP contribution in [0.5, 0.6) is 0 Å². The maximum Gasteiger partial charge on any atom is 0.226 e. The number of nitrogens with zero attached hydrogens (tertiary/aromatic N) is 1. The average Bonchev–Trinajstić information content (AvgIpc) is 3.27. The van der Waals surface area contributed by atoms with Crippen molar-refractivity contribution in [1.29, 1.82) is 0 Å². The molecule has 1 aliphatic rings. The fourth-order valence-electron chi connectivity index (χ4n) is 2.63. The third kappa shape index (κ3) is 3.76. The van der Waals surface area contributed by atoms with Gasteiger partial charge in [-0.2, -0.15) is 0 Å². The fourth-order valence-corrected chi connectivity index (χ4v) is 2.76. The smallest absolute Gasteiger partial charge is 0.226 e. The first-order valence-electron chi connectivity index (χ1n) is 7.12. The van der Waals surface area contributed by atoms with Crippen molar-refractivity contribution in [3.8, 4) is 0 Å². The number of hydrogen-bond donors (Lipinski definition) is 2. The predicted octanol–water partition coefficient (Wildman–Crippen LogP) is 1.89. The molecule has 0 saturated heterocycles. The monoisotopic (exact) mass is 311 g/mol. The van der Waals surface area contributed by atoms with Gasteiger partial charge in [0.15, 0.2) is 0 Å². The number of benzene rings is 1. The first-order valence-corrected chi connectivity index (χ1v) is 7.50. The quantitative estimate of drug-likeness (QED) is 0.843. The minimum Gasteiger partial charge on any atom is -0.396 e. The Morgan fingerprint density at radius 1 is 1.33 bits per heavy atom. The van der Waals surface area contributed by atoms with Gasteiger partial charge in [0, 0.05) is 29.9 Å². The van der Waals surface area contributed by atoms with Crippen molar-refractivity contribution in [2.75, 3.05) is 26.8 Å².